The van der Waals surface area contributed by atoms with Crippen LogP contribution in [-0.4, -0.2) is 25.7 Å². The first-order valence-electron chi connectivity index (χ1n) is 7.04. The van der Waals surface area contributed by atoms with E-state index in [0.29, 0.717) is 12.6 Å². The van der Waals surface area contributed by atoms with E-state index in [4.69, 9.17) is 10.5 Å². The van der Waals surface area contributed by atoms with Gasteiger partial charge in [0.05, 0.1) is 12.1 Å². The first-order chi connectivity index (χ1) is 10.2. The van der Waals surface area contributed by atoms with E-state index >= 15 is 0 Å². The number of para-hydroxylation sites is 1. The molecule has 2 heterocycles. The van der Waals surface area contributed by atoms with Gasteiger partial charge in [-0.15, -0.1) is 0 Å². The third kappa shape index (κ3) is 2.44. The average molecular weight is 285 g/mol. The molecule has 2 N–H and O–H groups in total. The number of aromatic nitrogens is 4. The molecule has 21 heavy (non-hydrogen) atoms. The van der Waals surface area contributed by atoms with Crippen LogP contribution in [0.25, 0.3) is 11.0 Å². The van der Waals surface area contributed by atoms with Crippen molar-refractivity contribution in [1.82, 2.24) is 19.1 Å². The second-order valence-corrected chi connectivity index (χ2v) is 4.88. The third-order valence-electron chi connectivity index (χ3n) is 3.55. The van der Waals surface area contributed by atoms with Crippen LogP contribution in [0.4, 0.5) is 5.95 Å². The van der Waals surface area contributed by atoms with Gasteiger partial charge in [0.15, 0.2) is 0 Å². The number of benzene rings is 1. The summed E-state index contributed by atoms with van der Waals surface area (Å²) in [5.41, 5.74) is 7.87. The maximum absolute atomic E-state index is 6.06. The molecule has 3 rings (SSSR count). The van der Waals surface area contributed by atoms with Gasteiger partial charge in [0.1, 0.15) is 17.1 Å². The summed E-state index contributed by atoms with van der Waals surface area (Å²) in [6.45, 7) is 3.31. The Morgan fingerprint density at radius 2 is 2.19 bits per heavy atom. The van der Waals surface area contributed by atoms with Crippen LogP contribution in [0.1, 0.15) is 12.7 Å². The summed E-state index contributed by atoms with van der Waals surface area (Å²) in [7, 11) is 1.99. The molecule has 0 saturated carbocycles. The van der Waals surface area contributed by atoms with Gasteiger partial charge in [-0.2, -0.15) is 0 Å². The molecule has 0 saturated heterocycles. The minimum Gasteiger partial charge on any atom is -0.492 e. The van der Waals surface area contributed by atoms with E-state index in [1.54, 1.807) is 6.20 Å². The molecule has 6 heteroatoms. The van der Waals surface area contributed by atoms with Gasteiger partial charge in [-0.25, -0.2) is 9.97 Å². The van der Waals surface area contributed by atoms with Crippen LogP contribution in [0, 0.1) is 0 Å². The molecule has 0 radical (unpaired) electrons. The topological polar surface area (TPSA) is 70.9 Å². The first kappa shape index (κ1) is 13.5. The second-order valence-electron chi connectivity index (χ2n) is 4.88. The zero-order chi connectivity index (χ0) is 14.8. The fraction of sp³-hybridized carbons (Fsp3) is 0.333. The molecule has 1 aromatic carbocycles. The van der Waals surface area contributed by atoms with Crippen LogP contribution >= 0.6 is 0 Å². The van der Waals surface area contributed by atoms with Crippen molar-refractivity contribution in [3.05, 3.63) is 36.4 Å². The van der Waals surface area contributed by atoms with Crippen LogP contribution in [0.15, 0.2) is 30.6 Å². The third-order valence-corrected chi connectivity index (χ3v) is 3.55. The Morgan fingerprint density at radius 3 is 2.90 bits per heavy atom. The number of rotatable bonds is 5. The molecule has 0 aliphatic rings. The number of imidazole rings is 2. The number of hydrogen-bond donors (Lipinski definition) is 1. The second kappa shape index (κ2) is 5.47. The van der Waals surface area contributed by atoms with E-state index in [-0.39, 0.29) is 0 Å². The zero-order valence-electron chi connectivity index (χ0n) is 12.3. The zero-order valence-corrected chi connectivity index (χ0v) is 12.3. The lowest BCUT2D eigenvalue weighted by atomic mass is 10.3. The van der Waals surface area contributed by atoms with E-state index in [0.717, 1.165) is 35.6 Å². The Morgan fingerprint density at radius 1 is 1.33 bits per heavy atom. The molecule has 0 aliphatic carbocycles. The maximum Gasteiger partial charge on any atom is 0.201 e. The normalized spacial score (nSPS) is 11.1. The highest BCUT2D eigenvalue weighted by Crippen LogP contribution is 2.27. The van der Waals surface area contributed by atoms with E-state index in [2.05, 4.69) is 9.97 Å². The monoisotopic (exact) mass is 285 g/mol. The van der Waals surface area contributed by atoms with Gasteiger partial charge in [-0.1, -0.05) is 6.07 Å². The largest absolute Gasteiger partial charge is 0.492 e. The Kier molecular flexibility index (Phi) is 3.51. The number of fused-ring (bicyclic) bond motifs is 1. The SMILES string of the molecule is CCOc1cccc2c1nc(N)n2CCc1nccn1C. The van der Waals surface area contributed by atoms with Gasteiger partial charge in [0, 0.05) is 32.4 Å². The lowest BCUT2D eigenvalue weighted by molar-refractivity contribution is 0.343. The molecule has 0 atom stereocenters. The smallest absolute Gasteiger partial charge is 0.201 e. The summed E-state index contributed by atoms with van der Waals surface area (Å²) in [4.78, 5) is 8.78. The highest BCUT2D eigenvalue weighted by Gasteiger charge is 2.12. The van der Waals surface area contributed by atoms with Crippen molar-refractivity contribution in [3.63, 3.8) is 0 Å². The summed E-state index contributed by atoms with van der Waals surface area (Å²) in [6, 6.07) is 5.90. The Balaban J connectivity index is 1.93. The van der Waals surface area contributed by atoms with Gasteiger partial charge in [-0.3, -0.25) is 0 Å². The molecule has 2 aromatic heterocycles. The summed E-state index contributed by atoms with van der Waals surface area (Å²) in [5.74, 6) is 2.31. The Bertz CT molecular complexity index is 759. The van der Waals surface area contributed by atoms with Gasteiger partial charge >= 0.3 is 0 Å². The first-order valence-corrected chi connectivity index (χ1v) is 7.04. The Labute approximate surface area is 123 Å². The minimum atomic E-state index is 0.506. The minimum absolute atomic E-state index is 0.506. The molecule has 3 aromatic rings. The highest BCUT2D eigenvalue weighted by atomic mass is 16.5. The molecule has 6 nitrogen and oxygen atoms in total. The molecule has 0 amide bonds. The van der Waals surface area contributed by atoms with Crippen LogP contribution in [0.3, 0.4) is 0 Å². The van der Waals surface area contributed by atoms with Crippen molar-refractivity contribution in [2.24, 2.45) is 7.05 Å². The maximum atomic E-state index is 6.06. The highest BCUT2D eigenvalue weighted by molar-refractivity contribution is 5.84. The summed E-state index contributed by atoms with van der Waals surface area (Å²) >= 11 is 0. The van der Waals surface area contributed by atoms with Crippen LogP contribution in [-0.2, 0) is 20.0 Å². The molecule has 0 unspecified atom stereocenters. The van der Waals surface area contributed by atoms with Crippen molar-refractivity contribution >= 4 is 17.0 Å². The predicted octanol–water partition coefficient (Wildman–Crippen LogP) is 1.99. The molecule has 0 fully saturated rings. The van der Waals surface area contributed by atoms with Crippen molar-refractivity contribution in [2.75, 3.05) is 12.3 Å². The molecule has 110 valence electrons. The quantitative estimate of drug-likeness (QED) is 0.778. The van der Waals surface area contributed by atoms with Crippen LogP contribution in [0.2, 0.25) is 0 Å². The van der Waals surface area contributed by atoms with Crippen LogP contribution < -0.4 is 10.5 Å². The number of ether oxygens (including phenoxy) is 1. The lowest BCUT2D eigenvalue weighted by Gasteiger charge is -2.07. The van der Waals surface area contributed by atoms with Gasteiger partial charge < -0.3 is 19.6 Å². The molecular weight excluding hydrogens is 266 g/mol. The fourth-order valence-corrected chi connectivity index (χ4v) is 2.50. The predicted molar refractivity (Wildman–Crippen MR) is 82.2 cm³/mol. The molecule has 0 spiro atoms. The molecule has 0 aliphatic heterocycles. The van der Waals surface area contributed by atoms with E-state index < -0.39 is 0 Å². The van der Waals surface area contributed by atoms with Crippen molar-refractivity contribution in [1.29, 1.82) is 0 Å². The lowest BCUT2D eigenvalue weighted by Crippen LogP contribution is -2.08. The van der Waals surface area contributed by atoms with E-state index in [9.17, 15) is 0 Å². The summed E-state index contributed by atoms with van der Waals surface area (Å²) < 4.78 is 9.63. The van der Waals surface area contributed by atoms with E-state index in [1.165, 1.54) is 0 Å². The van der Waals surface area contributed by atoms with Crippen molar-refractivity contribution < 1.29 is 4.74 Å². The Hall–Kier alpha value is -2.50. The average Bonchev–Trinajstić information content (AvgIpc) is 3.01. The molecular formula is C15H19N5O. The van der Waals surface area contributed by atoms with Gasteiger partial charge in [0.2, 0.25) is 5.95 Å². The van der Waals surface area contributed by atoms with Gasteiger partial charge in [0.25, 0.3) is 0 Å². The van der Waals surface area contributed by atoms with Gasteiger partial charge in [-0.05, 0) is 19.1 Å². The van der Waals surface area contributed by atoms with E-state index in [1.807, 2.05) is 47.5 Å². The summed E-state index contributed by atoms with van der Waals surface area (Å²) in [5, 5.41) is 0. The number of nitrogens with zero attached hydrogens (tertiary/aromatic N) is 4. The molecule has 0 bridgehead atoms. The summed E-state index contributed by atoms with van der Waals surface area (Å²) in [6.07, 6.45) is 4.55. The standard InChI is InChI=1S/C15H19N5O/c1-3-21-12-6-4-5-11-14(12)18-15(16)20(11)9-7-13-17-8-10-19(13)2/h4-6,8,10H,3,7,9H2,1-2H3,(H2,16,18). The number of nitrogens with two attached hydrogens (primary N) is 1. The number of anilines is 1. The van der Waals surface area contributed by atoms with Crippen LogP contribution in [0.5, 0.6) is 5.75 Å². The van der Waals surface area contributed by atoms with Crippen molar-refractivity contribution in [2.45, 2.75) is 19.9 Å². The number of hydrogen-bond acceptors (Lipinski definition) is 4. The number of nitrogen functional groups attached to an aromatic ring is 1. The van der Waals surface area contributed by atoms with Crippen molar-refractivity contribution in [3.8, 4) is 5.75 Å². The number of aryl methyl sites for hydroxylation is 3. The fourth-order valence-electron chi connectivity index (χ4n) is 2.50.